The van der Waals surface area contributed by atoms with E-state index in [4.69, 9.17) is 9.57 Å². The van der Waals surface area contributed by atoms with E-state index in [1.54, 1.807) is 7.11 Å². The molecule has 4 aliphatic heterocycles. The first-order chi connectivity index (χ1) is 11.7. The first kappa shape index (κ1) is 14.9. The Balaban J connectivity index is 1.66. The number of carbonyl (C=O) groups is 1. The monoisotopic (exact) mass is 328 g/mol. The van der Waals surface area contributed by atoms with Gasteiger partial charge in [-0.25, -0.2) is 0 Å². The molecule has 0 aromatic heterocycles. The van der Waals surface area contributed by atoms with Crippen LogP contribution < -0.4 is 10.4 Å². The summed E-state index contributed by atoms with van der Waals surface area (Å²) in [6.45, 7) is 3.02. The Morgan fingerprint density at radius 1 is 1.38 bits per heavy atom. The second kappa shape index (κ2) is 5.04. The van der Waals surface area contributed by atoms with Crippen molar-refractivity contribution in [2.24, 2.45) is 11.8 Å². The van der Waals surface area contributed by atoms with Crippen LogP contribution in [-0.4, -0.2) is 37.8 Å². The normalized spacial score (nSPS) is 42.7. The molecule has 0 unspecified atom stereocenters. The summed E-state index contributed by atoms with van der Waals surface area (Å²) in [5, 5.41) is 5.29. The quantitative estimate of drug-likeness (QED) is 0.902. The van der Waals surface area contributed by atoms with Gasteiger partial charge in [-0.3, -0.25) is 9.63 Å². The summed E-state index contributed by atoms with van der Waals surface area (Å²) in [7, 11) is 1.57. The SMILES string of the molecule is CC[C@@H]1N[C@@H]2C[C@@]3(C(=O)N(OC)c4ccccc43)[C@@H]3C[C@H]1[C@H]2CO3. The van der Waals surface area contributed by atoms with E-state index in [0.29, 0.717) is 23.9 Å². The third-order valence-electron chi connectivity index (χ3n) is 6.87. The highest BCUT2D eigenvalue weighted by Gasteiger charge is 2.64. The Bertz CT molecular complexity index is 693. The number of hydrogen-bond donors (Lipinski definition) is 1. The molecule has 24 heavy (non-hydrogen) atoms. The molecule has 1 spiro atoms. The molecule has 1 aromatic rings. The Hall–Kier alpha value is -1.43. The number of rotatable bonds is 2. The minimum atomic E-state index is -0.605. The van der Waals surface area contributed by atoms with Gasteiger partial charge in [0.2, 0.25) is 0 Å². The fourth-order valence-electron chi connectivity index (χ4n) is 5.82. The lowest BCUT2D eigenvalue weighted by atomic mass is 9.71. The van der Waals surface area contributed by atoms with Gasteiger partial charge in [0.25, 0.3) is 5.91 Å². The lowest BCUT2D eigenvalue weighted by molar-refractivity contribution is -0.138. The average Bonchev–Trinajstić information content (AvgIpc) is 2.96. The van der Waals surface area contributed by atoms with Crippen LogP contribution in [0.3, 0.4) is 0 Å². The number of fused-ring (bicyclic) bond motifs is 2. The van der Waals surface area contributed by atoms with Gasteiger partial charge in [0, 0.05) is 18.0 Å². The predicted molar refractivity (Wildman–Crippen MR) is 89.6 cm³/mol. The van der Waals surface area contributed by atoms with Crippen LogP contribution in [0.1, 0.15) is 31.7 Å². The molecule has 5 heteroatoms. The first-order valence-corrected chi connectivity index (χ1v) is 9.06. The van der Waals surface area contributed by atoms with Crippen molar-refractivity contribution in [3.8, 4) is 0 Å². The maximum atomic E-state index is 13.4. The summed E-state index contributed by atoms with van der Waals surface area (Å²) in [5.41, 5.74) is 1.35. The summed E-state index contributed by atoms with van der Waals surface area (Å²) in [4.78, 5) is 18.9. The fraction of sp³-hybridized carbons (Fsp3) is 0.632. The first-order valence-electron chi connectivity index (χ1n) is 9.06. The number of carbonyl (C=O) groups excluding carboxylic acids is 1. The highest BCUT2D eigenvalue weighted by atomic mass is 16.7. The number of hydroxylamine groups is 1. The van der Waals surface area contributed by atoms with Crippen molar-refractivity contribution >= 4 is 11.6 Å². The highest BCUT2D eigenvalue weighted by Crippen LogP contribution is 2.56. The summed E-state index contributed by atoms with van der Waals surface area (Å²) >= 11 is 0. The maximum Gasteiger partial charge on any atom is 0.264 e. The largest absolute Gasteiger partial charge is 0.376 e. The molecule has 1 aromatic carbocycles. The lowest BCUT2D eigenvalue weighted by Crippen LogP contribution is -2.53. The molecule has 3 saturated heterocycles. The predicted octanol–water partition coefficient (Wildman–Crippen LogP) is 2.01. The second-order valence-corrected chi connectivity index (χ2v) is 7.65. The van der Waals surface area contributed by atoms with Crippen LogP contribution in [0.5, 0.6) is 0 Å². The molecule has 6 rings (SSSR count). The van der Waals surface area contributed by atoms with Gasteiger partial charge in [-0.1, -0.05) is 25.1 Å². The van der Waals surface area contributed by atoms with Crippen LogP contribution in [0.4, 0.5) is 5.69 Å². The smallest absolute Gasteiger partial charge is 0.264 e. The van der Waals surface area contributed by atoms with Crippen LogP contribution in [0.2, 0.25) is 0 Å². The molecule has 1 N–H and O–H groups in total. The van der Waals surface area contributed by atoms with E-state index in [1.165, 1.54) is 5.06 Å². The summed E-state index contributed by atoms with van der Waals surface area (Å²) < 4.78 is 6.29. The van der Waals surface area contributed by atoms with Crippen LogP contribution in [0.25, 0.3) is 0 Å². The van der Waals surface area contributed by atoms with Crippen LogP contribution in [0.15, 0.2) is 24.3 Å². The van der Waals surface area contributed by atoms with E-state index in [1.807, 2.05) is 18.2 Å². The van der Waals surface area contributed by atoms with Crippen molar-refractivity contribution in [1.82, 2.24) is 5.32 Å². The average molecular weight is 328 g/mol. The number of amides is 1. The van der Waals surface area contributed by atoms with Crippen molar-refractivity contribution in [3.05, 3.63) is 29.8 Å². The molecular weight excluding hydrogens is 304 g/mol. The van der Waals surface area contributed by atoms with Crippen molar-refractivity contribution in [2.75, 3.05) is 18.8 Å². The minimum absolute atomic E-state index is 0.0410. The van der Waals surface area contributed by atoms with E-state index in [0.717, 1.165) is 37.1 Å². The lowest BCUT2D eigenvalue weighted by Gasteiger charge is -2.40. The maximum absolute atomic E-state index is 13.4. The van der Waals surface area contributed by atoms with Crippen molar-refractivity contribution in [2.45, 2.75) is 49.8 Å². The van der Waals surface area contributed by atoms with E-state index < -0.39 is 5.41 Å². The molecule has 1 aliphatic carbocycles. The molecule has 1 saturated carbocycles. The van der Waals surface area contributed by atoms with Gasteiger partial charge >= 0.3 is 0 Å². The van der Waals surface area contributed by atoms with E-state index in [-0.39, 0.29) is 12.0 Å². The van der Waals surface area contributed by atoms with Crippen LogP contribution in [0, 0.1) is 11.8 Å². The molecule has 4 bridgehead atoms. The van der Waals surface area contributed by atoms with Crippen LogP contribution in [-0.2, 0) is 19.8 Å². The Labute approximate surface area is 142 Å². The van der Waals surface area contributed by atoms with Crippen molar-refractivity contribution in [3.63, 3.8) is 0 Å². The highest BCUT2D eigenvalue weighted by molar-refractivity contribution is 6.07. The number of para-hydroxylation sites is 1. The number of nitrogens with one attached hydrogen (secondary N) is 1. The molecular formula is C19H24N2O3. The fourth-order valence-corrected chi connectivity index (χ4v) is 5.82. The van der Waals surface area contributed by atoms with Crippen molar-refractivity contribution in [1.29, 1.82) is 0 Å². The third-order valence-corrected chi connectivity index (χ3v) is 6.87. The minimum Gasteiger partial charge on any atom is -0.376 e. The molecule has 4 heterocycles. The van der Waals surface area contributed by atoms with Gasteiger partial charge in [0.1, 0.15) is 5.41 Å². The topological polar surface area (TPSA) is 50.8 Å². The Morgan fingerprint density at radius 2 is 2.21 bits per heavy atom. The molecule has 4 fully saturated rings. The van der Waals surface area contributed by atoms with Gasteiger partial charge in [-0.2, -0.15) is 5.06 Å². The Kier molecular flexibility index (Phi) is 3.12. The second-order valence-electron chi connectivity index (χ2n) is 7.65. The zero-order chi connectivity index (χ0) is 16.5. The standard InChI is InChI=1S/C19H24N2O3/c1-3-14-11-8-17-19(9-15(20-14)12(11)10-24-17)13-6-4-5-7-16(13)21(23-2)18(19)22/h4-7,11-12,14-15,17,20H,3,8-10H2,1-2H3/t11-,12+,14-,15+,17-,19-/m0/s1. The van der Waals surface area contributed by atoms with E-state index >= 15 is 0 Å². The molecule has 1 amide bonds. The Morgan fingerprint density at radius 3 is 3.00 bits per heavy atom. The van der Waals surface area contributed by atoms with E-state index in [2.05, 4.69) is 18.3 Å². The van der Waals surface area contributed by atoms with Gasteiger partial charge < -0.3 is 10.1 Å². The number of benzene rings is 1. The number of nitrogens with zero attached hydrogens (tertiary/aromatic N) is 1. The molecule has 128 valence electrons. The number of ether oxygens (including phenoxy) is 1. The summed E-state index contributed by atoms with van der Waals surface area (Å²) in [5.74, 6) is 1.19. The van der Waals surface area contributed by atoms with Crippen molar-refractivity contribution < 1.29 is 14.4 Å². The van der Waals surface area contributed by atoms with Gasteiger partial charge in [0.15, 0.2) is 0 Å². The van der Waals surface area contributed by atoms with Gasteiger partial charge in [0.05, 0.1) is 25.5 Å². The van der Waals surface area contributed by atoms with Crippen LogP contribution >= 0.6 is 0 Å². The third kappa shape index (κ3) is 1.63. The number of anilines is 1. The summed E-state index contributed by atoms with van der Waals surface area (Å²) in [6, 6.07) is 8.95. The molecule has 0 radical (unpaired) electrons. The molecule has 6 atom stereocenters. The zero-order valence-electron chi connectivity index (χ0n) is 14.2. The zero-order valence-corrected chi connectivity index (χ0v) is 14.2. The summed E-state index contributed by atoms with van der Waals surface area (Å²) in [6.07, 6.45) is 2.87. The molecule has 5 aliphatic rings. The van der Waals surface area contributed by atoms with Gasteiger partial charge in [-0.15, -0.1) is 0 Å². The molecule has 5 nitrogen and oxygen atoms in total. The van der Waals surface area contributed by atoms with E-state index in [9.17, 15) is 4.79 Å². The number of hydrogen-bond acceptors (Lipinski definition) is 4. The van der Waals surface area contributed by atoms with Gasteiger partial charge in [-0.05, 0) is 36.8 Å².